The number of nitrogens with one attached hydrogen (secondary N) is 4. The van der Waals surface area contributed by atoms with Gasteiger partial charge in [0, 0.05) is 45.7 Å². The molecule has 0 radical (unpaired) electrons. The summed E-state index contributed by atoms with van der Waals surface area (Å²) in [6, 6.07) is 17.2. The molecule has 194 valence electrons. The number of nitrogens with zero attached hydrogens (tertiary/aromatic N) is 3. The first-order valence-electron chi connectivity index (χ1n) is 12.7. The maximum absolute atomic E-state index is 13.3. The molecule has 4 heterocycles. The van der Waals surface area contributed by atoms with Crippen molar-refractivity contribution in [1.82, 2.24) is 30.8 Å². The summed E-state index contributed by atoms with van der Waals surface area (Å²) >= 11 is 3.49. The fourth-order valence-electron chi connectivity index (χ4n) is 5.15. The highest BCUT2D eigenvalue weighted by molar-refractivity contribution is 9.10. The number of hydrogen-bond acceptors (Lipinski definition) is 7. The Hall–Kier alpha value is -3.76. The van der Waals surface area contributed by atoms with Gasteiger partial charge < -0.3 is 20.7 Å². The van der Waals surface area contributed by atoms with E-state index in [9.17, 15) is 4.79 Å². The maximum atomic E-state index is 13.3. The Balaban J connectivity index is 1.23. The van der Waals surface area contributed by atoms with Crippen LogP contribution in [0, 0.1) is 0 Å². The molecule has 2 aromatic carbocycles. The Morgan fingerprint density at radius 1 is 1.08 bits per heavy atom. The number of carbonyl (C=O) groups is 1. The van der Waals surface area contributed by atoms with Gasteiger partial charge in [0.1, 0.15) is 5.75 Å². The number of rotatable bonds is 6. The number of carbonyl (C=O) groups excluding carboxylic acids is 1. The van der Waals surface area contributed by atoms with Crippen molar-refractivity contribution in [2.24, 2.45) is 0 Å². The van der Waals surface area contributed by atoms with Gasteiger partial charge in [0.25, 0.3) is 5.91 Å². The van der Waals surface area contributed by atoms with Gasteiger partial charge in [-0.15, -0.1) is 0 Å². The second kappa shape index (κ2) is 10.5. The molecule has 0 aliphatic carbocycles. The van der Waals surface area contributed by atoms with E-state index < -0.39 is 5.54 Å². The first-order chi connectivity index (χ1) is 18.6. The molecule has 0 spiro atoms. The Morgan fingerprint density at radius 3 is 2.76 bits per heavy atom. The number of fused-ring (bicyclic) bond motifs is 1. The third-order valence-corrected chi connectivity index (χ3v) is 7.66. The molecule has 1 saturated heterocycles. The topological polar surface area (TPSA) is 117 Å². The van der Waals surface area contributed by atoms with Gasteiger partial charge in [-0.2, -0.15) is 5.10 Å². The summed E-state index contributed by atoms with van der Waals surface area (Å²) in [6.07, 6.45) is 5.84. The first-order valence-corrected chi connectivity index (χ1v) is 13.5. The van der Waals surface area contributed by atoms with E-state index in [4.69, 9.17) is 9.72 Å². The Bertz CT molecular complexity index is 1440. The molecule has 6 rings (SSSR count). The van der Waals surface area contributed by atoms with Crippen LogP contribution in [0.1, 0.15) is 47.1 Å². The molecule has 4 N–H and O–H groups in total. The van der Waals surface area contributed by atoms with Crippen LogP contribution in [0.5, 0.6) is 5.75 Å². The van der Waals surface area contributed by atoms with Gasteiger partial charge >= 0.3 is 0 Å². The zero-order valence-corrected chi connectivity index (χ0v) is 22.3. The SMILES string of the molecule is O=C(N[C@@H]1CCOc2cc(Br)ccc21)c1cccc(NC2(c3nc(-c4ccncc4)n[nH]3)CCNCC2)c1. The van der Waals surface area contributed by atoms with Gasteiger partial charge in [-0.05, 0) is 68.4 Å². The number of halogens is 1. The molecule has 1 fully saturated rings. The number of pyridine rings is 1. The monoisotopic (exact) mass is 573 g/mol. The van der Waals surface area contributed by atoms with Crippen LogP contribution in [0.3, 0.4) is 0 Å². The zero-order valence-electron chi connectivity index (χ0n) is 20.7. The molecule has 0 saturated carbocycles. The molecule has 1 atom stereocenters. The third-order valence-electron chi connectivity index (χ3n) is 7.16. The number of benzene rings is 2. The molecule has 0 unspecified atom stereocenters. The van der Waals surface area contributed by atoms with Crippen molar-refractivity contribution < 1.29 is 9.53 Å². The van der Waals surface area contributed by atoms with E-state index in [1.807, 2.05) is 54.6 Å². The number of hydrogen-bond donors (Lipinski definition) is 4. The predicted octanol–water partition coefficient (Wildman–Crippen LogP) is 4.57. The molecule has 2 aliphatic heterocycles. The third kappa shape index (κ3) is 5.01. The van der Waals surface area contributed by atoms with Gasteiger partial charge in [0.15, 0.2) is 11.6 Å². The van der Waals surface area contributed by atoms with Crippen molar-refractivity contribution in [2.45, 2.75) is 30.8 Å². The summed E-state index contributed by atoms with van der Waals surface area (Å²) in [7, 11) is 0. The summed E-state index contributed by atoms with van der Waals surface area (Å²) < 4.78 is 6.75. The van der Waals surface area contributed by atoms with Crippen LogP contribution in [0.25, 0.3) is 11.4 Å². The summed E-state index contributed by atoms with van der Waals surface area (Å²) in [6.45, 7) is 2.25. The van der Waals surface area contributed by atoms with Crippen molar-refractivity contribution in [3.05, 3.63) is 88.4 Å². The fraction of sp³-hybridized carbons (Fsp3) is 0.286. The van der Waals surface area contributed by atoms with Crippen LogP contribution < -0.4 is 20.7 Å². The van der Waals surface area contributed by atoms with Crippen molar-refractivity contribution >= 4 is 27.5 Å². The molecule has 10 heteroatoms. The first kappa shape index (κ1) is 24.6. The minimum absolute atomic E-state index is 0.104. The van der Waals surface area contributed by atoms with Crippen LogP contribution in [0.2, 0.25) is 0 Å². The number of piperidine rings is 1. The molecule has 2 aromatic heterocycles. The van der Waals surface area contributed by atoms with Crippen molar-refractivity contribution in [3.8, 4) is 17.1 Å². The average Bonchev–Trinajstić information content (AvgIpc) is 3.46. The van der Waals surface area contributed by atoms with E-state index in [0.717, 1.165) is 65.2 Å². The van der Waals surface area contributed by atoms with Crippen LogP contribution in [0.4, 0.5) is 5.69 Å². The van der Waals surface area contributed by atoms with Crippen molar-refractivity contribution in [1.29, 1.82) is 0 Å². The van der Waals surface area contributed by atoms with Crippen molar-refractivity contribution in [2.75, 3.05) is 25.0 Å². The summed E-state index contributed by atoms with van der Waals surface area (Å²) in [5, 5.41) is 18.0. The van der Waals surface area contributed by atoms with Crippen LogP contribution >= 0.6 is 15.9 Å². The number of aromatic amines is 1. The van der Waals surface area contributed by atoms with Gasteiger partial charge in [-0.3, -0.25) is 14.9 Å². The smallest absolute Gasteiger partial charge is 0.251 e. The lowest BCUT2D eigenvalue weighted by atomic mass is 9.87. The second-order valence-electron chi connectivity index (χ2n) is 9.63. The minimum Gasteiger partial charge on any atom is -0.493 e. The van der Waals surface area contributed by atoms with E-state index >= 15 is 0 Å². The van der Waals surface area contributed by atoms with Crippen LogP contribution in [-0.2, 0) is 5.54 Å². The molecule has 38 heavy (non-hydrogen) atoms. The average molecular weight is 574 g/mol. The molecule has 4 aromatic rings. The highest BCUT2D eigenvalue weighted by atomic mass is 79.9. The predicted molar refractivity (Wildman–Crippen MR) is 148 cm³/mol. The molecule has 2 aliphatic rings. The molecule has 9 nitrogen and oxygen atoms in total. The molecule has 1 amide bonds. The molecular weight excluding hydrogens is 546 g/mol. The van der Waals surface area contributed by atoms with E-state index in [2.05, 4.69) is 47.1 Å². The quantitative estimate of drug-likeness (QED) is 0.267. The van der Waals surface area contributed by atoms with Crippen molar-refractivity contribution in [3.63, 3.8) is 0 Å². The summed E-state index contributed by atoms with van der Waals surface area (Å²) in [5.41, 5.74) is 2.92. The van der Waals surface area contributed by atoms with E-state index in [0.29, 0.717) is 18.0 Å². The molecule has 0 bridgehead atoms. The largest absolute Gasteiger partial charge is 0.493 e. The number of H-pyrrole nitrogens is 1. The van der Waals surface area contributed by atoms with Gasteiger partial charge in [0.05, 0.1) is 18.2 Å². The molecular formula is C28H28BrN7O2. The highest BCUT2D eigenvalue weighted by Crippen LogP contribution is 2.36. The zero-order chi connectivity index (χ0) is 26.0. The number of ether oxygens (including phenoxy) is 1. The lowest BCUT2D eigenvalue weighted by Crippen LogP contribution is -2.46. The number of amides is 1. The number of aromatic nitrogens is 4. The Kier molecular flexibility index (Phi) is 6.82. The second-order valence-corrected chi connectivity index (χ2v) is 10.5. The lowest BCUT2D eigenvalue weighted by Gasteiger charge is -2.37. The normalized spacial score (nSPS) is 18.2. The Labute approximate surface area is 229 Å². The highest BCUT2D eigenvalue weighted by Gasteiger charge is 2.37. The van der Waals surface area contributed by atoms with Crippen LogP contribution in [-0.4, -0.2) is 45.8 Å². The van der Waals surface area contributed by atoms with Gasteiger partial charge in [-0.1, -0.05) is 28.1 Å². The Morgan fingerprint density at radius 2 is 1.92 bits per heavy atom. The summed E-state index contributed by atoms with van der Waals surface area (Å²) in [5.74, 6) is 2.11. The number of anilines is 1. The van der Waals surface area contributed by atoms with Gasteiger partial charge in [-0.25, -0.2) is 4.98 Å². The van der Waals surface area contributed by atoms with E-state index in [1.165, 1.54) is 0 Å². The fourth-order valence-corrected chi connectivity index (χ4v) is 5.49. The minimum atomic E-state index is -0.439. The maximum Gasteiger partial charge on any atom is 0.251 e. The summed E-state index contributed by atoms with van der Waals surface area (Å²) in [4.78, 5) is 22.3. The standard InChI is InChI=1S/C28H28BrN7O2/c29-20-4-5-22-23(8-15-38-24(22)17-20)32-26(37)19-2-1-3-21(16-19)34-28(9-13-31-14-10-28)27-33-25(35-36-27)18-6-11-30-12-7-18/h1-7,11-12,16-17,23,31,34H,8-10,13-15H2,(H,32,37)(H,33,35,36)/t23-/m1/s1. The van der Waals surface area contributed by atoms with E-state index in [-0.39, 0.29) is 11.9 Å². The van der Waals surface area contributed by atoms with E-state index in [1.54, 1.807) is 12.4 Å². The lowest BCUT2D eigenvalue weighted by molar-refractivity contribution is 0.0925. The van der Waals surface area contributed by atoms with Gasteiger partial charge in [0.2, 0.25) is 0 Å². The van der Waals surface area contributed by atoms with Crippen LogP contribution in [0.15, 0.2) is 71.5 Å².